The zero-order valence-electron chi connectivity index (χ0n) is 10.5. The molecule has 5 heteroatoms. The average Bonchev–Trinajstić information content (AvgIpc) is 2.21. The van der Waals surface area contributed by atoms with Gasteiger partial charge < -0.3 is 4.74 Å². The smallest absolute Gasteiger partial charge is 0.209 e. The van der Waals surface area contributed by atoms with E-state index in [0.29, 0.717) is 6.61 Å². The Bertz CT molecular complexity index is 358. The molecule has 4 nitrogen and oxygen atoms in total. The maximum absolute atomic E-state index is 11.2. The second-order valence-corrected chi connectivity index (χ2v) is 7.56. The molecular weight excluding hydrogens is 238 g/mol. The van der Waals surface area contributed by atoms with Crippen molar-refractivity contribution in [3.63, 3.8) is 0 Å². The van der Waals surface area contributed by atoms with Crippen LogP contribution in [0.15, 0.2) is 0 Å². The number of primary sulfonamides is 1. The molecule has 1 atom stereocenters. The third-order valence-electron chi connectivity index (χ3n) is 4.25. The first-order valence-electron chi connectivity index (χ1n) is 6.53. The van der Waals surface area contributed by atoms with Gasteiger partial charge in [-0.1, -0.05) is 6.92 Å². The highest BCUT2D eigenvalue weighted by atomic mass is 32.2. The molecule has 0 amide bonds. The van der Waals surface area contributed by atoms with Gasteiger partial charge in [-0.2, -0.15) is 0 Å². The molecule has 1 aliphatic heterocycles. The van der Waals surface area contributed by atoms with Crippen molar-refractivity contribution in [3.05, 3.63) is 0 Å². The molecule has 1 spiro atoms. The minimum atomic E-state index is -3.35. The van der Waals surface area contributed by atoms with Crippen molar-refractivity contribution in [1.82, 2.24) is 0 Å². The molecule has 1 aliphatic carbocycles. The molecule has 1 unspecified atom stereocenters. The van der Waals surface area contributed by atoms with E-state index in [1.807, 2.05) is 0 Å². The van der Waals surface area contributed by atoms with Gasteiger partial charge in [0.15, 0.2) is 0 Å². The van der Waals surface area contributed by atoms with Crippen LogP contribution in [0, 0.1) is 11.8 Å². The van der Waals surface area contributed by atoms with Gasteiger partial charge in [0.25, 0.3) is 0 Å². The largest absolute Gasteiger partial charge is 0.375 e. The summed E-state index contributed by atoms with van der Waals surface area (Å²) in [7, 11) is -3.35. The summed E-state index contributed by atoms with van der Waals surface area (Å²) in [6, 6.07) is 0. The zero-order chi connectivity index (χ0) is 12.5. The third kappa shape index (κ3) is 3.66. The van der Waals surface area contributed by atoms with Gasteiger partial charge in [-0.05, 0) is 50.4 Å². The summed E-state index contributed by atoms with van der Waals surface area (Å²) in [5, 5.41) is 5.14. The van der Waals surface area contributed by atoms with Crippen LogP contribution in [0.4, 0.5) is 0 Å². The molecule has 1 heterocycles. The number of nitrogens with two attached hydrogens (primary N) is 1. The Labute approximate surface area is 104 Å². The van der Waals surface area contributed by atoms with E-state index in [2.05, 4.69) is 6.92 Å². The number of rotatable bonds is 2. The van der Waals surface area contributed by atoms with E-state index in [1.165, 1.54) is 12.8 Å². The van der Waals surface area contributed by atoms with Gasteiger partial charge in [-0.15, -0.1) is 0 Å². The lowest BCUT2D eigenvalue weighted by atomic mass is 9.73. The summed E-state index contributed by atoms with van der Waals surface area (Å²) in [6.07, 6.45) is 6.25. The molecule has 100 valence electrons. The Morgan fingerprint density at radius 1 is 1.29 bits per heavy atom. The summed E-state index contributed by atoms with van der Waals surface area (Å²) < 4.78 is 28.3. The van der Waals surface area contributed by atoms with Crippen LogP contribution in [0.5, 0.6) is 0 Å². The number of sulfonamides is 1. The molecule has 0 aromatic heterocycles. The first kappa shape index (κ1) is 13.3. The first-order valence-corrected chi connectivity index (χ1v) is 8.25. The van der Waals surface area contributed by atoms with Crippen molar-refractivity contribution in [2.75, 3.05) is 12.4 Å². The van der Waals surface area contributed by atoms with E-state index in [9.17, 15) is 8.42 Å². The molecule has 2 rings (SSSR count). The SMILES string of the molecule is CC1CCC2(CC1)CC(CS(N)(=O)=O)CCO2. The maximum Gasteiger partial charge on any atom is 0.209 e. The minimum absolute atomic E-state index is 0.0416. The van der Waals surface area contributed by atoms with Crippen molar-refractivity contribution in [1.29, 1.82) is 0 Å². The summed E-state index contributed by atoms with van der Waals surface area (Å²) in [5.74, 6) is 1.09. The Balaban J connectivity index is 1.97. The van der Waals surface area contributed by atoms with Crippen LogP contribution >= 0.6 is 0 Å². The first-order chi connectivity index (χ1) is 7.89. The monoisotopic (exact) mass is 261 g/mol. The fourth-order valence-electron chi connectivity index (χ4n) is 3.24. The molecule has 1 saturated heterocycles. The Kier molecular flexibility index (Phi) is 3.80. The van der Waals surface area contributed by atoms with Gasteiger partial charge in [0, 0.05) is 6.61 Å². The van der Waals surface area contributed by atoms with Crippen LogP contribution in [0.1, 0.15) is 45.4 Å². The van der Waals surface area contributed by atoms with Crippen molar-refractivity contribution in [3.8, 4) is 0 Å². The standard InChI is InChI=1S/C12H23NO3S/c1-10-2-5-12(6-3-10)8-11(4-7-16-12)9-17(13,14)15/h10-11H,2-9H2,1H3,(H2,13,14,15). The fraction of sp³-hybridized carbons (Fsp3) is 1.00. The van der Waals surface area contributed by atoms with Crippen molar-refractivity contribution < 1.29 is 13.2 Å². The summed E-state index contributed by atoms with van der Waals surface area (Å²) in [4.78, 5) is 0. The topological polar surface area (TPSA) is 69.4 Å². The minimum Gasteiger partial charge on any atom is -0.375 e. The highest BCUT2D eigenvalue weighted by Crippen LogP contribution is 2.42. The van der Waals surface area contributed by atoms with Crippen molar-refractivity contribution in [2.24, 2.45) is 17.0 Å². The summed E-state index contributed by atoms with van der Waals surface area (Å²) in [6.45, 7) is 2.96. The number of hydrogen-bond acceptors (Lipinski definition) is 3. The Morgan fingerprint density at radius 3 is 2.53 bits per heavy atom. The van der Waals surface area contributed by atoms with Crippen LogP contribution in [0.2, 0.25) is 0 Å². The van der Waals surface area contributed by atoms with Crippen molar-refractivity contribution >= 4 is 10.0 Å². The van der Waals surface area contributed by atoms with Gasteiger partial charge in [0.05, 0.1) is 11.4 Å². The fourth-order valence-corrected chi connectivity index (χ4v) is 4.18. The normalized spacial score (nSPS) is 39.4. The van der Waals surface area contributed by atoms with E-state index >= 15 is 0 Å². The Hall–Kier alpha value is -0.130. The second-order valence-electron chi connectivity index (χ2n) is 5.90. The predicted octanol–water partition coefficient (Wildman–Crippen LogP) is 1.65. The molecule has 2 aliphatic rings. The summed E-state index contributed by atoms with van der Waals surface area (Å²) in [5.41, 5.74) is -0.0416. The van der Waals surface area contributed by atoms with E-state index in [1.54, 1.807) is 0 Å². The molecular formula is C12H23NO3S. The lowest BCUT2D eigenvalue weighted by molar-refractivity contribution is -0.119. The van der Waals surface area contributed by atoms with Gasteiger partial charge in [-0.25, -0.2) is 13.6 Å². The third-order valence-corrected chi connectivity index (χ3v) is 5.18. The second kappa shape index (κ2) is 4.86. The van der Waals surface area contributed by atoms with Gasteiger partial charge in [-0.3, -0.25) is 0 Å². The highest BCUT2D eigenvalue weighted by molar-refractivity contribution is 7.89. The zero-order valence-corrected chi connectivity index (χ0v) is 11.3. The van der Waals surface area contributed by atoms with E-state index in [4.69, 9.17) is 9.88 Å². The highest BCUT2D eigenvalue weighted by Gasteiger charge is 2.40. The molecule has 0 aromatic carbocycles. The maximum atomic E-state index is 11.2. The van der Waals surface area contributed by atoms with Gasteiger partial charge in [0.1, 0.15) is 0 Å². The molecule has 17 heavy (non-hydrogen) atoms. The quantitative estimate of drug-likeness (QED) is 0.821. The van der Waals surface area contributed by atoms with Crippen LogP contribution in [0.3, 0.4) is 0 Å². The molecule has 0 bridgehead atoms. The van der Waals surface area contributed by atoms with Crippen LogP contribution < -0.4 is 5.14 Å². The summed E-state index contributed by atoms with van der Waals surface area (Å²) >= 11 is 0. The van der Waals surface area contributed by atoms with Crippen LogP contribution in [-0.4, -0.2) is 26.4 Å². The van der Waals surface area contributed by atoms with E-state index in [0.717, 1.165) is 31.6 Å². The average molecular weight is 261 g/mol. The number of ether oxygens (including phenoxy) is 1. The van der Waals surface area contributed by atoms with E-state index < -0.39 is 10.0 Å². The van der Waals surface area contributed by atoms with Crippen molar-refractivity contribution in [2.45, 2.75) is 51.0 Å². The molecule has 0 aromatic rings. The molecule has 2 N–H and O–H groups in total. The predicted molar refractivity (Wildman–Crippen MR) is 67.0 cm³/mol. The Morgan fingerprint density at radius 2 is 1.94 bits per heavy atom. The van der Waals surface area contributed by atoms with Crippen LogP contribution in [0.25, 0.3) is 0 Å². The van der Waals surface area contributed by atoms with Gasteiger partial charge >= 0.3 is 0 Å². The molecule has 1 saturated carbocycles. The number of hydrogen-bond donors (Lipinski definition) is 1. The van der Waals surface area contributed by atoms with E-state index in [-0.39, 0.29) is 17.3 Å². The molecule has 2 fully saturated rings. The lowest BCUT2D eigenvalue weighted by Crippen LogP contribution is -2.44. The molecule has 0 radical (unpaired) electrons. The lowest BCUT2D eigenvalue weighted by Gasteiger charge is -2.44. The van der Waals surface area contributed by atoms with Gasteiger partial charge in [0.2, 0.25) is 10.0 Å². The van der Waals surface area contributed by atoms with Crippen LogP contribution in [-0.2, 0) is 14.8 Å².